The van der Waals surface area contributed by atoms with Crippen LogP contribution in [0.4, 0.5) is 11.4 Å². The summed E-state index contributed by atoms with van der Waals surface area (Å²) in [5.41, 5.74) is 0.412. The topological polar surface area (TPSA) is 173 Å². The number of hydrogen-bond acceptors (Lipinski definition) is 8. The second-order valence-corrected chi connectivity index (χ2v) is 8.26. The number of carbonyl (C=O) groups is 1. The average molecular weight is 459 g/mol. The Morgan fingerprint density at radius 1 is 1.17 bits per heavy atom. The fourth-order valence-corrected chi connectivity index (χ4v) is 4.49. The van der Waals surface area contributed by atoms with Gasteiger partial charge >= 0.3 is 0 Å². The number of benzene rings is 2. The molecule has 0 spiro atoms. The largest absolute Gasteiger partial charge is 0.289 e. The van der Waals surface area contributed by atoms with Crippen molar-refractivity contribution >= 4 is 38.9 Å². The standard InChI is InChI=1S/C16H15ClN4O8S/c1-10(16(22)18-23)19(9-11-4-2-3-5-14(11)20(24)25)30(28,29)12-6-7-15(21(26)27)13(17)8-12/h2-8,10,23H,9H2,1H3,(H,18,22)/t10-/m0/s1. The van der Waals surface area contributed by atoms with Gasteiger partial charge < -0.3 is 0 Å². The van der Waals surface area contributed by atoms with Crippen molar-refractivity contribution in [3.05, 3.63) is 73.3 Å². The zero-order valence-electron chi connectivity index (χ0n) is 15.3. The Hall–Kier alpha value is -3.13. The van der Waals surface area contributed by atoms with Crippen molar-refractivity contribution in [1.29, 1.82) is 0 Å². The van der Waals surface area contributed by atoms with Gasteiger partial charge in [-0.1, -0.05) is 29.8 Å². The molecular weight excluding hydrogens is 444 g/mol. The van der Waals surface area contributed by atoms with E-state index in [1.54, 1.807) is 0 Å². The fourth-order valence-electron chi connectivity index (χ4n) is 2.58. The van der Waals surface area contributed by atoms with Gasteiger partial charge in [0.15, 0.2) is 0 Å². The van der Waals surface area contributed by atoms with E-state index in [-0.39, 0.29) is 11.3 Å². The monoisotopic (exact) mass is 458 g/mol. The summed E-state index contributed by atoms with van der Waals surface area (Å²) in [4.78, 5) is 32.1. The molecule has 0 saturated heterocycles. The molecule has 160 valence electrons. The first-order valence-corrected chi connectivity index (χ1v) is 9.94. The van der Waals surface area contributed by atoms with Crippen molar-refractivity contribution < 1.29 is 28.3 Å². The molecule has 0 aliphatic carbocycles. The highest BCUT2D eigenvalue weighted by atomic mass is 35.5. The summed E-state index contributed by atoms with van der Waals surface area (Å²) in [6, 6.07) is 6.48. The number of sulfonamides is 1. The Morgan fingerprint density at radius 2 is 1.77 bits per heavy atom. The van der Waals surface area contributed by atoms with E-state index in [9.17, 15) is 33.4 Å². The molecule has 2 N–H and O–H groups in total. The number of carbonyl (C=O) groups excluding carboxylic acids is 1. The van der Waals surface area contributed by atoms with Gasteiger partial charge in [0.1, 0.15) is 11.1 Å². The summed E-state index contributed by atoms with van der Waals surface area (Å²) in [6.07, 6.45) is 0. The molecule has 14 heteroatoms. The minimum absolute atomic E-state index is 0.0170. The number of nitrogens with zero attached hydrogens (tertiary/aromatic N) is 3. The number of amides is 1. The van der Waals surface area contributed by atoms with E-state index >= 15 is 0 Å². The summed E-state index contributed by atoms with van der Waals surface area (Å²) in [7, 11) is -4.53. The Morgan fingerprint density at radius 3 is 2.30 bits per heavy atom. The molecule has 0 aromatic heterocycles. The predicted molar refractivity (Wildman–Crippen MR) is 103 cm³/mol. The van der Waals surface area contributed by atoms with E-state index in [1.165, 1.54) is 29.7 Å². The molecule has 2 aromatic rings. The summed E-state index contributed by atoms with van der Waals surface area (Å²) < 4.78 is 27.0. The molecule has 2 aromatic carbocycles. The molecule has 30 heavy (non-hydrogen) atoms. The number of halogens is 1. The SMILES string of the molecule is C[C@@H](C(=O)NO)N(Cc1ccccc1[N+](=O)[O-])S(=O)(=O)c1ccc([N+](=O)[O-])c(Cl)c1. The third kappa shape index (κ3) is 4.71. The van der Waals surface area contributed by atoms with E-state index in [1.807, 2.05) is 0 Å². The first kappa shape index (κ1) is 23.2. The van der Waals surface area contributed by atoms with E-state index < -0.39 is 54.0 Å². The van der Waals surface area contributed by atoms with Crippen LogP contribution in [0.25, 0.3) is 0 Å². The van der Waals surface area contributed by atoms with Gasteiger partial charge in [0.05, 0.1) is 14.7 Å². The molecule has 0 fully saturated rings. The van der Waals surface area contributed by atoms with Crippen LogP contribution in [0.5, 0.6) is 0 Å². The Bertz CT molecular complexity index is 1110. The maximum absolute atomic E-state index is 13.2. The van der Waals surface area contributed by atoms with Gasteiger partial charge in [-0.25, -0.2) is 13.9 Å². The third-order valence-electron chi connectivity index (χ3n) is 4.16. The Labute approximate surface area is 175 Å². The predicted octanol–water partition coefficient (Wildman–Crippen LogP) is 2.24. The number of hydroxylamine groups is 1. The molecule has 0 radical (unpaired) electrons. The van der Waals surface area contributed by atoms with Gasteiger partial charge in [-0.15, -0.1) is 0 Å². The molecule has 1 amide bonds. The summed E-state index contributed by atoms with van der Waals surface area (Å²) >= 11 is 5.80. The minimum Gasteiger partial charge on any atom is -0.289 e. The second-order valence-electron chi connectivity index (χ2n) is 5.96. The molecule has 0 saturated carbocycles. The third-order valence-corrected chi connectivity index (χ3v) is 6.37. The highest BCUT2D eigenvalue weighted by molar-refractivity contribution is 7.89. The fraction of sp³-hybridized carbons (Fsp3) is 0.188. The first-order chi connectivity index (χ1) is 14.0. The Kier molecular flexibility index (Phi) is 7.04. The van der Waals surface area contributed by atoms with Gasteiger partial charge in [0.2, 0.25) is 10.0 Å². The maximum atomic E-state index is 13.2. The number of hydrogen-bond donors (Lipinski definition) is 2. The lowest BCUT2D eigenvalue weighted by Gasteiger charge is -2.27. The molecule has 0 heterocycles. The van der Waals surface area contributed by atoms with Crippen LogP contribution in [-0.2, 0) is 21.4 Å². The van der Waals surface area contributed by atoms with Crippen molar-refractivity contribution in [1.82, 2.24) is 9.79 Å². The molecule has 0 aliphatic heterocycles. The summed E-state index contributed by atoms with van der Waals surface area (Å²) in [5, 5.41) is 30.6. The van der Waals surface area contributed by atoms with Crippen LogP contribution in [0, 0.1) is 20.2 Å². The maximum Gasteiger partial charge on any atom is 0.287 e. The Balaban J connectivity index is 2.60. The van der Waals surface area contributed by atoms with Gasteiger partial charge in [-0.05, 0) is 19.1 Å². The lowest BCUT2D eigenvalue weighted by molar-refractivity contribution is -0.385. The van der Waals surface area contributed by atoms with Crippen LogP contribution in [-0.4, -0.2) is 39.7 Å². The van der Waals surface area contributed by atoms with Crippen molar-refractivity contribution in [2.45, 2.75) is 24.4 Å². The van der Waals surface area contributed by atoms with E-state index in [0.29, 0.717) is 4.31 Å². The molecular formula is C16H15ClN4O8S. The lowest BCUT2D eigenvalue weighted by Crippen LogP contribution is -2.46. The van der Waals surface area contributed by atoms with Crippen LogP contribution in [0.3, 0.4) is 0 Å². The van der Waals surface area contributed by atoms with Gasteiger partial charge in [0, 0.05) is 24.2 Å². The number of rotatable bonds is 8. The molecule has 0 bridgehead atoms. The van der Waals surface area contributed by atoms with Crippen molar-refractivity contribution in [2.75, 3.05) is 0 Å². The van der Waals surface area contributed by atoms with Crippen molar-refractivity contribution in [2.24, 2.45) is 0 Å². The lowest BCUT2D eigenvalue weighted by atomic mass is 10.1. The normalized spacial score (nSPS) is 12.4. The molecule has 0 aliphatic rings. The van der Waals surface area contributed by atoms with Gasteiger partial charge in [-0.2, -0.15) is 4.31 Å². The van der Waals surface area contributed by atoms with E-state index in [2.05, 4.69) is 0 Å². The number of nitro benzene ring substituents is 2. The summed E-state index contributed by atoms with van der Waals surface area (Å²) in [5.74, 6) is -1.09. The number of para-hydroxylation sites is 1. The second kappa shape index (κ2) is 9.13. The average Bonchev–Trinajstić information content (AvgIpc) is 2.70. The van der Waals surface area contributed by atoms with E-state index in [0.717, 1.165) is 25.1 Å². The van der Waals surface area contributed by atoms with E-state index in [4.69, 9.17) is 16.8 Å². The molecule has 1 atom stereocenters. The van der Waals surface area contributed by atoms with Crippen molar-refractivity contribution in [3.63, 3.8) is 0 Å². The quantitative estimate of drug-likeness (QED) is 0.344. The number of nitrogens with one attached hydrogen (secondary N) is 1. The first-order valence-electron chi connectivity index (χ1n) is 8.12. The van der Waals surface area contributed by atoms with Crippen LogP contribution >= 0.6 is 11.6 Å². The van der Waals surface area contributed by atoms with Crippen LogP contribution in [0.15, 0.2) is 47.4 Å². The number of nitro groups is 2. The van der Waals surface area contributed by atoms with Crippen LogP contribution in [0.2, 0.25) is 5.02 Å². The van der Waals surface area contributed by atoms with Crippen LogP contribution in [0.1, 0.15) is 12.5 Å². The van der Waals surface area contributed by atoms with Crippen molar-refractivity contribution in [3.8, 4) is 0 Å². The summed E-state index contributed by atoms with van der Waals surface area (Å²) in [6.45, 7) is 0.563. The molecule has 2 rings (SSSR count). The molecule has 0 unspecified atom stereocenters. The van der Waals surface area contributed by atoms with Gasteiger partial charge in [-0.3, -0.25) is 30.2 Å². The minimum atomic E-state index is -4.53. The highest BCUT2D eigenvalue weighted by Crippen LogP contribution is 2.30. The zero-order valence-corrected chi connectivity index (χ0v) is 16.8. The smallest absolute Gasteiger partial charge is 0.287 e. The zero-order chi connectivity index (χ0) is 22.6. The molecule has 12 nitrogen and oxygen atoms in total. The highest BCUT2D eigenvalue weighted by Gasteiger charge is 2.35. The van der Waals surface area contributed by atoms with Crippen LogP contribution < -0.4 is 5.48 Å². The van der Waals surface area contributed by atoms with Gasteiger partial charge in [0.25, 0.3) is 17.3 Å².